The Morgan fingerprint density at radius 3 is 2.20 bits per heavy atom. The number of nitrogens with one attached hydrogen (secondary N) is 2. The molecule has 3 rings (SSSR count). The number of aliphatic imine (C=N–C) groups is 1. The van der Waals surface area contributed by atoms with E-state index in [2.05, 4.69) is 41.3 Å². The van der Waals surface area contributed by atoms with Gasteiger partial charge in [-0.15, -0.1) is 24.0 Å². The van der Waals surface area contributed by atoms with Crippen molar-refractivity contribution in [2.45, 2.75) is 68.8 Å². The van der Waals surface area contributed by atoms with Crippen LogP contribution in [-0.4, -0.2) is 63.8 Å². The van der Waals surface area contributed by atoms with Crippen LogP contribution in [0.15, 0.2) is 34.2 Å². The van der Waals surface area contributed by atoms with Crippen molar-refractivity contribution >= 4 is 39.8 Å². The topological polar surface area (TPSA) is 73.8 Å². The molecular formula is C22H37IN4O2S. The molecule has 0 aromatic heterocycles. The van der Waals surface area contributed by atoms with Crippen molar-refractivity contribution in [2.24, 2.45) is 4.99 Å². The molecule has 0 unspecified atom stereocenters. The van der Waals surface area contributed by atoms with Gasteiger partial charge in [0.25, 0.3) is 0 Å². The van der Waals surface area contributed by atoms with Crippen molar-refractivity contribution in [3.05, 3.63) is 29.8 Å². The second-order valence-corrected chi connectivity index (χ2v) is 11.4. The molecule has 0 spiro atoms. The average Bonchev–Trinajstić information content (AvgIpc) is 3.52. The van der Waals surface area contributed by atoms with E-state index in [1.165, 1.54) is 12.8 Å². The molecule has 1 saturated carbocycles. The molecule has 1 saturated heterocycles. The maximum atomic E-state index is 12.7. The van der Waals surface area contributed by atoms with Gasteiger partial charge in [0.1, 0.15) is 0 Å². The van der Waals surface area contributed by atoms with Crippen LogP contribution in [0.3, 0.4) is 0 Å². The second kappa shape index (κ2) is 10.6. The Hall–Kier alpha value is -0.870. The fourth-order valence-corrected chi connectivity index (χ4v) is 4.98. The van der Waals surface area contributed by atoms with Gasteiger partial charge in [-0.1, -0.05) is 32.9 Å². The molecule has 2 fully saturated rings. The lowest BCUT2D eigenvalue weighted by Crippen LogP contribution is -2.49. The Morgan fingerprint density at radius 1 is 1.10 bits per heavy atom. The number of sulfone groups is 1. The van der Waals surface area contributed by atoms with Crippen LogP contribution in [0.2, 0.25) is 0 Å². The smallest absolute Gasteiger partial charge is 0.191 e. The molecule has 2 N–H and O–H groups in total. The van der Waals surface area contributed by atoms with Gasteiger partial charge in [0.05, 0.1) is 10.6 Å². The van der Waals surface area contributed by atoms with Crippen molar-refractivity contribution in [3.63, 3.8) is 0 Å². The monoisotopic (exact) mass is 548 g/mol. The van der Waals surface area contributed by atoms with Crippen molar-refractivity contribution in [1.29, 1.82) is 0 Å². The Morgan fingerprint density at radius 2 is 1.70 bits per heavy atom. The molecule has 0 bridgehead atoms. The fourth-order valence-electron chi connectivity index (χ4n) is 3.82. The van der Waals surface area contributed by atoms with Crippen LogP contribution in [0, 0.1) is 0 Å². The van der Waals surface area contributed by atoms with Crippen LogP contribution in [-0.2, 0) is 15.3 Å². The third kappa shape index (κ3) is 7.09. The second-order valence-electron chi connectivity index (χ2n) is 9.28. The van der Waals surface area contributed by atoms with Crippen LogP contribution in [0.1, 0.15) is 52.0 Å². The lowest BCUT2D eigenvalue weighted by atomic mass is 9.87. The van der Waals surface area contributed by atoms with Gasteiger partial charge in [-0.05, 0) is 48.8 Å². The predicted octanol–water partition coefficient (Wildman–Crippen LogP) is 3.17. The first-order valence-electron chi connectivity index (χ1n) is 10.7. The first-order chi connectivity index (χ1) is 13.7. The Labute approximate surface area is 199 Å². The van der Waals surface area contributed by atoms with Gasteiger partial charge in [0.2, 0.25) is 0 Å². The maximum absolute atomic E-state index is 12.7. The van der Waals surface area contributed by atoms with Crippen molar-refractivity contribution in [3.8, 4) is 0 Å². The van der Waals surface area contributed by atoms with Gasteiger partial charge in [-0.25, -0.2) is 8.42 Å². The minimum absolute atomic E-state index is 0. The van der Waals surface area contributed by atoms with E-state index < -0.39 is 9.84 Å². The van der Waals surface area contributed by atoms with E-state index in [0.717, 1.165) is 37.5 Å². The minimum atomic E-state index is -3.32. The Kier molecular flexibility index (Phi) is 9.00. The molecule has 1 aromatic carbocycles. The number of halogens is 1. The van der Waals surface area contributed by atoms with Crippen LogP contribution in [0.25, 0.3) is 0 Å². The molecule has 170 valence electrons. The van der Waals surface area contributed by atoms with E-state index in [9.17, 15) is 8.42 Å². The highest BCUT2D eigenvalue weighted by Gasteiger charge is 2.31. The van der Waals surface area contributed by atoms with Crippen molar-refractivity contribution in [1.82, 2.24) is 15.5 Å². The van der Waals surface area contributed by atoms with E-state index >= 15 is 0 Å². The van der Waals surface area contributed by atoms with Crippen LogP contribution < -0.4 is 10.6 Å². The molecule has 30 heavy (non-hydrogen) atoms. The van der Waals surface area contributed by atoms with Crippen LogP contribution in [0.5, 0.6) is 0 Å². The normalized spacial score (nSPS) is 19.3. The maximum Gasteiger partial charge on any atom is 0.191 e. The summed E-state index contributed by atoms with van der Waals surface area (Å²) in [5.41, 5.74) is 1.14. The van der Waals surface area contributed by atoms with E-state index in [1.54, 1.807) is 19.2 Å². The molecule has 8 heteroatoms. The summed E-state index contributed by atoms with van der Waals surface area (Å²) in [6.07, 6.45) is 4.93. The summed E-state index contributed by atoms with van der Waals surface area (Å²) >= 11 is 0. The van der Waals surface area contributed by atoms with Crippen molar-refractivity contribution < 1.29 is 8.42 Å². The van der Waals surface area contributed by atoms with Crippen LogP contribution in [0.4, 0.5) is 0 Å². The van der Waals surface area contributed by atoms with Gasteiger partial charge < -0.3 is 15.5 Å². The third-order valence-electron chi connectivity index (χ3n) is 5.90. The highest BCUT2D eigenvalue weighted by atomic mass is 127. The Bertz CT molecular complexity index is 807. The molecule has 0 amide bonds. The molecular weight excluding hydrogens is 511 g/mol. The van der Waals surface area contributed by atoms with Gasteiger partial charge in [0, 0.05) is 38.8 Å². The molecule has 1 aromatic rings. The van der Waals surface area contributed by atoms with Gasteiger partial charge in [-0.2, -0.15) is 0 Å². The summed E-state index contributed by atoms with van der Waals surface area (Å²) in [6.45, 7) is 8.97. The molecule has 2 aliphatic rings. The third-order valence-corrected chi connectivity index (χ3v) is 7.63. The summed E-state index contributed by atoms with van der Waals surface area (Å²) in [7, 11) is -1.59. The van der Waals surface area contributed by atoms with E-state index in [1.807, 2.05) is 12.1 Å². The number of hydrogen-bond donors (Lipinski definition) is 2. The van der Waals surface area contributed by atoms with E-state index in [4.69, 9.17) is 0 Å². The van der Waals surface area contributed by atoms with Crippen LogP contribution >= 0.6 is 24.0 Å². The molecule has 6 nitrogen and oxygen atoms in total. The molecule has 1 aliphatic carbocycles. The zero-order chi connectivity index (χ0) is 21.1. The first kappa shape index (κ1) is 25.4. The average molecular weight is 549 g/mol. The molecule has 0 atom stereocenters. The summed E-state index contributed by atoms with van der Waals surface area (Å²) < 4.78 is 25.3. The number of hydrogen-bond acceptors (Lipinski definition) is 4. The minimum Gasteiger partial charge on any atom is -0.355 e. The summed E-state index contributed by atoms with van der Waals surface area (Å²) in [5.74, 6) is 0.732. The van der Waals surface area contributed by atoms with Gasteiger partial charge in [0.15, 0.2) is 15.8 Å². The zero-order valence-corrected chi connectivity index (χ0v) is 21.8. The SMILES string of the molecule is CN=C(NCCS(=O)(=O)c1ccc(C(C)(C)C)cc1)NC1CCN(C2CC2)CC1.I. The standard InChI is InChI=1S/C22H36N4O2S.HI/c1-22(2,3)17-5-9-20(10-6-17)29(27,28)16-13-24-21(23-4)25-18-11-14-26(15-12-18)19-7-8-19;/h5-6,9-10,18-19H,7-8,11-16H2,1-4H3,(H2,23,24,25);1H. The molecule has 0 radical (unpaired) electrons. The lowest BCUT2D eigenvalue weighted by Gasteiger charge is -2.33. The molecule has 1 heterocycles. The largest absolute Gasteiger partial charge is 0.355 e. The lowest BCUT2D eigenvalue weighted by molar-refractivity contribution is 0.197. The highest BCUT2D eigenvalue weighted by Crippen LogP contribution is 2.29. The summed E-state index contributed by atoms with van der Waals surface area (Å²) in [4.78, 5) is 7.23. The quantitative estimate of drug-likeness (QED) is 0.325. The first-order valence-corrected chi connectivity index (χ1v) is 12.4. The zero-order valence-electron chi connectivity index (χ0n) is 18.6. The van der Waals surface area contributed by atoms with Crippen molar-refractivity contribution in [2.75, 3.05) is 32.4 Å². The van der Waals surface area contributed by atoms with Gasteiger partial charge in [-0.3, -0.25) is 4.99 Å². The highest BCUT2D eigenvalue weighted by molar-refractivity contribution is 14.0. The van der Waals surface area contributed by atoms with Gasteiger partial charge >= 0.3 is 0 Å². The Balaban J connectivity index is 0.00000320. The number of rotatable bonds is 6. The number of piperidine rings is 1. The number of guanidine groups is 1. The molecule has 1 aliphatic heterocycles. The number of benzene rings is 1. The number of nitrogens with zero attached hydrogens (tertiary/aromatic N) is 2. The fraction of sp³-hybridized carbons (Fsp3) is 0.682. The summed E-state index contributed by atoms with van der Waals surface area (Å²) in [5, 5.41) is 6.62. The predicted molar refractivity (Wildman–Crippen MR) is 135 cm³/mol. The number of likely N-dealkylation sites (tertiary alicyclic amines) is 1. The van der Waals surface area contributed by atoms with E-state index in [-0.39, 0.29) is 35.1 Å². The summed E-state index contributed by atoms with van der Waals surface area (Å²) in [6, 6.07) is 8.49. The van der Waals surface area contributed by atoms with E-state index in [0.29, 0.717) is 23.4 Å².